The predicted octanol–water partition coefficient (Wildman–Crippen LogP) is 3.54. The highest BCUT2D eigenvalue weighted by Crippen LogP contribution is 2.23. The maximum Gasteiger partial charge on any atom is 0.319 e. The molecule has 0 bridgehead atoms. The van der Waals surface area contributed by atoms with E-state index in [0.717, 1.165) is 0 Å². The Morgan fingerprint density at radius 1 is 1.00 bits per heavy atom. The van der Waals surface area contributed by atoms with Crippen molar-refractivity contribution in [3.8, 4) is 0 Å². The molecule has 0 atom stereocenters. The van der Waals surface area contributed by atoms with E-state index in [4.69, 9.17) is 0 Å². The normalized spacial score (nSPS) is 11.1. The minimum absolute atomic E-state index is 0.0287. The van der Waals surface area contributed by atoms with E-state index in [0.29, 0.717) is 28.2 Å². The van der Waals surface area contributed by atoms with Crippen molar-refractivity contribution in [1.29, 1.82) is 0 Å². The van der Waals surface area contributed by atoms with Gasteiger partial charge in [-0.05, 0) is 63.6 Å². The zero-order chi connectivity index (χ0) is 21.6. The molecule has 2 aromatic rings. The van der Waals surface area contributed by atoms with Crippen LogP contribution in [0.5, 0.6) is 0 Å². The Labute approximate surface area is 171 Å². The van der Waals surface area contributed by atoms with Crippen LogP contribution in [0.15, 0.2) is 42.5 Å². The number of amides is 3. The molecule has 0 spiro atoms. The largest absolute Gasteiger partial charge is 0.336 e. The van der Waals surface area contributed by atoms with E-state index < -0.39 is 22.0 Å². The fourth-order valence-corrected chi connectivity index (χ4v) is 3.21. The second kappa shape index (κ2) is 9.42. The molecule has 0 aliphatic carbocycles. The summed E-state index contributed by atoms with van der Waals surface area (Å²) in [4.78, 5) is 24.7. The third-order valence-corrected chi connectivity index (χ3v) is 5.26. The molecule has 0 aliphatic rings. The van der Waals surface area contributed by atoms with Crippen molar-refractivity contribution in [3.63, 3.8) is 0 Å². The van der Waals surface area contributed by atoms with Crippen LogP contribution in [0.2, 0.25) is 0 Å². The smallest absolute Gasteiger partial charge is 0.319 e. The van der Waals surface area contributed by atoms with Crippen LogP contribution in [0.4, 0.5) is 21.9 Å². The molecule has 0 saturated carbocycles. The number of rotatable bonds is 7. The van der Waals surface area contributed by atoms with Gasteiger partial charge in [0.05, 0.1) is 22.7 Å². The van der Waals surface area contributed by atoms with Crippen molar-refractivity contribution in [3.05, 3.63) is 53.6 Å². The Bertz CT molecular complexity index is 1000. The molecule has 0 heterocycles. The predicted molar refractivity (Wildman–Crippen MR) is 116 cm³/mol. The standard InChI is InChI=1S/C20H26N4O4S/c1-5-29(27,28)24-17-11-10-15(12-14(17)4)22-19(25)16-8-6-7-9-18(16)23-20(26)21-13(2)3/h6-13,24H,5H2,1-4H3,(H,22,25)(H2,21,23,26). The van der Waals surface area contributed by atoms with E-state index in [-0.39, 0.29) is 11.8 Å². The van der Waals surface area contributed by atoms with Crippen LogP contribution >= 0.6 is 0 Å². The molecule has 9 heteroatoms. The first kappa shape index (κ1) is 22.2. The van der Waals surface area contributed by atoms with Gasteiger partial charge in [0.25, 0.3) is 5.91 Å². The second-order valence-electron chi connectivity index (χ2n) is 6.79. The molecule has 8 nitrogen and oxygen atoms in total. The molecule has 4 N–H and O–H groups in total. The van der Waals surface area contributed by atoms with E-state index in [1.807, 2.05) is 13.8 Å². The highest BCUT2D eigenvalue weighted by atomic mass is 32.2. The molecular weight excluding hydrogens is 392 g/mol. The Kier molecular flexibility index (Phi) is 7.22. The number of anilines is 3. The van der Waals surface area contributed by atoms with Crippen LogP contribution in [0, 0.1) is 6.92 Å². The number of nitrogens with one attached hydrogen (secondary N) is 4. The summed E-state index contributed by atoms with van der Waals surface area (Å²) in [6, 6.07) is 11.1. The molecule has 0 fully saturated rings. The number of benzene rings is 2. The zero-order valence-electron chi connectivity index (χ0n) is 16.9. The first-order chi connectivity index (χ1) is 13.6. The summed E-state index contributed by atoms with van der Waals surface area (Å²) in [5, 5.41) is 8.15. The van der Waals surface area contributed by atoms with Crippen LogP contribution in [0.3, 0.4) is 0 Å². The van der Waals surface area contributed by atoms with Crippen molar-refractivity contribution in [2.75, 3.05) is 21.1 Å². The lowest BCUT2D eigenvalue weighted by molar-refractivity contribution is 0.102. The summed E-state index contributed by atoms with van der Waals surface area (Å²) in [7, 11) is -3.38. The van der Waals surface area contributed by atoms with E-state index in [9.17, 15) is 18.0 Å². The Morgan fingerprint density at radius 2 is 1.69 bits per heavy atom. The Balaban J connectivity index is 2.17. The fourth-order valence-electron chi connectivity index (χ4n) is 2.50. The number of sulfonamides is 1. The van der Waals surface area contributed by atoms with E-state index in [2.05, 4.69) is 20.7 Å². The monoisotopic (exact) mass is 418 g/mol. The van der Waals surface area contributed by atoms with Crippen molar-refractivity contribution >= 4 is 39.0 Å². The van der Waals surface area contributed by atoms with E-state index >= 15 is 0 Å². The van der Waals surface area contributed by atoms with Crippen LogP contribution in [-0.2, 0) is 10.0 Å². The van der Waals surface area contributed by atoms with Gasteiger partial charge in [-0.2, -0.15) is 0 Å². The number of hydrogen-bond acceptors (Lipinski definition) is 4. The molecule has 2 aromatic carbocycles. The SMILES string of the molecule is CCS(=O)(=O)Nc1ccc(NC(=O)c2ccccc2NC(=O)NC(C)C)cc1C. The summed E-state index contributed by atoms with van der Waals surface area (Å²) in [6.07, 6.45) is 0. The first-order valence-corrected chi connectivity index (χ1v) is 10.9. The molecule has 0 radical (unpaired) electrons. The third kappa shape index (κ3) is 6.49. The van der Waals surface area contributed by atoms with Crippen LogP contribution in [0.25, 0.3) is 0 Å². The zero-order valence-corrected chi connectivity index (χ0v) is 17.7. The summed E-state index contributed by atoms with van der Waals surface area (Å²) in [6.45, 7) is 6.98. The molecule has 29 heavy (non-hydrogen) atoms. The summed E-state index contributed by atoms with van der Waals surface area (Å²) < 4.78 is 26.0. The molecular formula is C20H26N4O4S. The van der Waals surface area contributed by atoms with Gasteiger partial charge in [-0.15, -0.1) is 0 Å². The second-order valence-corrected chi connectivity index (χ2v) is 8.80. The summed E-state index contributed by atoms with van der Waals surface area (Å²) in [5.74, 6) is -0.425. The molecule has 3 amide bonds. The van der Waals surface area contributed by atoms with Gasteiger partial charge in [-0.3, -0.25) is 9.52 Å². The van der Waals surface area contributed by atoms with E-state index in [1.54, 1.807) is 56.3 Å². The molecule has 0 unspecified atom stereocenters. The van der Waals surface area contributed by atoms with Gasteiger partial charge in [0, 0.05) is 11.7 Å². The van der Waals surface area contributed by atoms with Gasteiger partial charge in [0.2, 0.25) is 10.0 Å². The lowest BCUT2D eigenvalue weighted by atomic mass is 10.1. The lowest BCUT2D eigenvalue weighted by Gasteiger charge is -2.14. The summed E-state index contributed by atoms with van der Waals surface area (Å²) in [5.41, 5.74) is 2.32. The maximum atomic E-state index is 12.7. The van der Waals surface area contributed by atoms with Crippen molar-refractivity contribution in [1.82, 2.24) is 5.32 Å². The fraction of sp³-hybridized carbons (Fsp3) is 0.300. The average molecular weight is 419 g/mol. The van der Waals surface area contributed by atoms with Crippen LogP contribution < -0.4 is 20.7 Å². The van der Waals surface area contributed by atoms with Gasteiger partial charge in [0.15, 0.2) is 0 Å². The van der Waals surface area contributed by atoms with Crippen molar-refractivity contribution < 1.29 is 18.0 Å². The number of aryl methyl sites for hydroxylation is 1. The van der Waals surface area contributed by atoms with Gasteiger partial charge in [0.1, 0.15) is 0 Å². The van der Waals surface area contributed by atoms with E-state index in [1.165, 1.54) is 0 Å². The summed E-state index contributed by atoms with van der Waals surface area (Å²) >= 11 is 0. The number of carbonyl (C=O) groups excluding carboxylic acids is 2. The van der Waals surface area contributed by atoms with Gasteiger partial charge in [-0.25, -0.2) is 13.2 Å². The highest BCUT2D eigenvalue weighted by molar-refractivity contribution is 7.92. The molecule has 0 saturated heterocycles. The quantitative estimate of drug-likeness (QED) is 0.550. The van der Waals surface area contributed by atoms with Gasteiger partial charge in [-0.1, -0.05) is 12.1 Å². The van der Waals surface area contributed by atoms with Gasteiger partial charge >= 0.3 is 6.03 Å². The average Bonchev–Trinajstić information content (AvgIpc) is 2.63. The maximum absolute atomic E-state index is 12.7. The number of para-hydroxylation sites is 1. The molecule has 2 rings (SSSR count). The third-order valence-electron chi connectivity index (χ3n) is 3.97. The van der Waals surface area contributed by atoms with Crippen molar-refractivity contribution in [2.45, 2.75) is 33.7 Å². The number of hydrogen-bond donors (Lipinski definition) is 4. The highest BCUT2D eigenvalue weighted by Gasteiger charge is 2.15. The molecule has 156 valence electrons. The number of carbonyl (C=O) groups is 2. The van der Waals surface area contributed by atoms with Crippen molar-refractivity contribution in [2.24, 2.45) is 0 Å². The van der Waals surface area contributed by atoms with Crippen LogP contribution in [-0.4, -0.2) is 32.2 Å². The minimum Gasteiger partial charge on any atom is -0.336 e. The van der Waals surface area contributed by atoms with Crippen LogP contribution in [0.1, 0.15) is 36.7 Å². The first-order valence-electron chi connectivity index (χ1n) is 9.20. The Morgan fingerprint density at radius 3 is 2.31 bits per heavy atom. The minimum atomic E-state index is -3.38. The topological polar surface area (TPSA) is 116 Å². The lowest BCUT2D eigenvalue weighted by Crippen LogP contribution is -2.34. The van der Waals surface area contributed by atoms with Gasteiger partial charge < -0.3 is 16.0 Å². The molecule has 0 aromatic heterocycles. The molecule has 0 aliphatic heterocycles. The number of urea groups is 1. The Hall–Kier alpha value is -3.07.